The van der Waals surface area contributed by atoms with Gasteiger partial charge in [-0.2, -0.15) is 5.10 Å². The molecular formula is C19H19N3O5. The van der Waals surface area contributed by atoms with Crippen molar-refractivity contribution in [2.24, 2.45) is 11.0 Å². The first-order valence-corrected chi connectivity index (χ1v) is 8.36. The van der Waals surface area contributed by atoms with Gasteiger partial charge < -0.3 is 20.6 Å². The Balaban J connectivity index is 1.64. The van der Waals surface area contributed by atoms with E-state index in [9.17, 15) is 24.9 Å². The Bertz CT molecular complexity index is 894. The van der Waals surface area contributed by atoms with Crippen LogP contribution in [0.3, 0.4) is 0 Å². The van der Waals surface area contributed by atoms with Gasteiger partial charge in [-0.15, -0.1) is 0 Å². The number of hydrazone groups is 1. The van der Waals surface area contributed by atoms with E-state index < -0.39 is 23.2 Å². The van der Waals surface area contributed by atoms with Crippen LogP contribution in [0.4, 0.5) is 5.69 Å². The SMILES string of the molecule is C/C(=N/NC(=O)c1cc(O)c(O)c(O)c1)c1ccc(NC(=O)C2CC2)cc1. The summed E-state index contributed by atoms with van der Waals surface area (Å²) in [7, 11) is 0. The summed E-state index contributed by atoms with van der Waals surface area (Å²) in [6.45, 7) is 1.70. The minimum absolute atomic E-state index is 0.0285. The van der Waals surface area contributed by atoms with Crippen LogP contribution in [0, 0.1) is 5.92 Å². The van der Waals surface area contributed by atoms with E-state index in [2.05, 4.69) is 15.8 Å². The molecule has 8 nitrogen and oxygen atoms in total. The van der Waals surface area contributed by atoms with Crippen LogP contribution in [0.5, 0.6) is 17.2 Å². The largest absolute Gasteiger partial charge is 0.504 e. The quantitative estimate of drug-likeness (QED) is 0.313. The second-order valence-corrected chi connectivity index (χ2v) is 6.34. The third-order valence-corrected chi connectivity index (χ3v) is 4.18. The predicted molar refractivity (Wildman–Crippen MR) is 98.9 cm³/mol. The van der Waals surface area contributed by atoms with Crippen LogP contribution in [0.25, 0.3) is 0 Å². The molecule has 0 bridgehead atoms. The van der Waals surface area contributed by atoms with Gasteiger partial charge >= 0.3 is 0 Å². The molecule has 27 heavy (non-hydrogen) atoms. The summed E-state index contributed by atoms with van der Waals surface area (Å²) in [5.41, 5.74) is 4.23. The first-order valence-electron chi connectivity index (χ1n) is 8.36. The van der Waals surface area contributed by atoms with Gasteiger partial charge in [-0.1, -0.05) is 12.1 Å². The highest BCUT2D eigenvalue weighted by atomic mass is 16.3. The lowest BCUT2D eigenvalue weighted by molar-refractivity contribution is -0.117. The van der Waals surface area contributed by atoms with Gasteiger partial charge in [-0.05, 0) is 49.6 Å². The Morgan fingerprint density at radius 2 is 1.59 bits per heavy atom. The van der Waals surface area contributed by atoms with Gasteiger partial charge in [0.05, 0.1) is 5.71 Å². The van der Waals surface area contributed by atoms with E-state index >= 15 is 0 Å². The van der Waals surface area contributed by atoms with E-state index in [4.69, 9.17) is 0 Å². The van der Waals surface area contributed by atoms with Crippen LogP contribution in [0.2, 0.25) is 0 Å². The molecule has 3 rings (SSSR count). The molecule has 1 fully saturated rings. The van der Waals surface area contributed by atoms with Crippen molar-refractivity contribution < 1.29 is 24.9 Å². The van der Waals surface area contributed by atoms with Crippen molar-refractivity contribution in [3.05, 3.63) is 47.5 Å². The smallest absolute Gasteiger partial charge is 0.271 e. The van der Waals surface area contributed by atoms with Crippen LogP contribution in [0.1, 0.15) is 35.7 Å². The molecule has 2 amide bonds. The lowest BCUT2D eigenvalue weighted by Gasteiger charge is -2.07. The minimum Gasteiger partial charge on any atom is -0.504 e. The Hall–Kier alpha value is -3.55. The number of anilines is 1. The Morgan fingerprint density at radius 3 is 2.15 bits per heavy atom. The summed E-state index contributed by atoms with van der Waals surface area (Å²) in [5, 5.41) is 35.0. The maximum absolute atomic E-state index is 12.1. The Morgan fingerprint density at radius 1 is 1.00 bits per heavy atom. The number of rotatable bonds is 5. The van der Waals surface area contributed by atoms with E-state index in [-0.39, 0.29) is 17.4 Å². The Kier molecular flexibility index (Phi) is 4.98. The summed E-state index contributed by atoms with van der Waals surface area (Å²) in [6.07, 6.45) is 1.87. The molecule has 0 aliphatic heterocycles. The number of amides is 2. The molecule has 2 aromatic rings. The molecule has 0 atom stereocenters. The third kappa shape index (κ3) is 4.35. The van der Waals surface area contributed by atoms with Crippen molar-refractivity contribution in [2.45, 2.75) is 19.8 Å². The average Bonchev–Trinajstić information content (AvgIpc) is 3.49. The fourth-order valence-corrected chi connectivity index (χ4v) is 2.38. The zero-order valence-electron chi connectivity index (χ0n) is 14.6. The van der Waals surface area contributed by atoms with Crippen molar-refractivity contribution >= 4 is 23.2 Å². The molecule has 0 aromatic heterocycles. The first kappa shape index (κ1) is 18.2. The lowest BCUT2D eigenvalue weighted by Crippen LogP contribution is -2.19. The van der Waals surface area contributed by atoms with Crippen LogP contribution in [-0.2, 0) is 4.79 Å². The second-order valence-electron chi connectivity index (χ2n) is 6.34. The van der Waals surface area contributed by atoms with E-state index in [1.54, 1.807) is 31.2 Å². The zero-order valence-corrected chi connectivity index (χ0v) is 14.6. The number of aromatic hydroxyl groups is 3. The van der Waals surface area contributed by atoms with Gasteiger partial charge in [0.25, 0.3) is 5.91 Å². The molecule has 8 heteroatoms. The normalized spacial score (nSPS) is 13.9. The molecule has 140 valence electrons. The van der Waals surface area contributed by atoms with Gasteiger partial charge in [0, 0.05) is 17.2 Å². The molecule has 5 N–H and O–H groups in total. The maximum Gasteiger partial charge on any atom is 0.271 e. The third-order valence-electron chi connectivity index (χ3n) is 4.18. The van der Waals surface area contributed by atoms with Crippen LogP contribution in [-0.4, -0.2) is 32.8 Å². The first-order chi connectivity index (χ1) is 12.8. The standard InChI is InChI=1S/C19H19N3O5/c1-10(11-4-6-14(7-5-11)20-18(26)12-2-3-12)21-22-19(27)13-8-15(23)17(25)16(24)9-13/h4-9,12,23-25H,2-3H2,1H3,(H,20,26)(H,22,27)/b21-10-. The highest BCUT2D eigenvalue weighted by Gasteiger charge is 2.29. The van der Waals surface area contributed by atoms with Gasteiger partial charge in [0.2, 0.25) is 5.91 Å². The molecule has 2 aromatic carbocycles. The summed E-state index contributed by atoms with van der Waals surface area (Å²) in [5.74, 6) is -2.41. The van der Waals surface area contributed by atoms with Crippen LogP contribution in [0.15, 0.2) is 41.5 Å². The fourth-order valence-electron chi connectivity index (χ4n) is 2.38. The molecule has 1 saturated carbocycles. The molecule has 0 radical (unpaired) electrons. The van der Waals surface area contributed by atoms with Gasteiger partial charge in [-0.25, -0.2) is 5.43 Å². The number of carbonyl (C=O) groups is 2. The number of phenols is 3. The fraction of sp³-hybridized carbons (Fsp3) is 0.211. The van der Waals surface area contributed by atoms with Crippen molar-refractivity contribution in [3.8, 4) is 17.2 Å². The molecule has 1 aliphatic rings. The van der Waals surface area contributed by atoms with Crippen LogP contribution < -0.4 is 10.7 Å². The molecule has 0 spiro atoms. The number of carbonyl (C=O) groups excluding carboxylic acids is 2. The molecule has 1 aliphatic carbocycles. The van der Waals surface area contributed by atoms with E-state index in [0.29, 0.717) is 11.4 Å². The summed E-state index contributed by atoms with van der Waals surface area (Å²) < 4.78 is 0. The summed E-state index contributed by atoms with van der Waals surface area (Å²) >= 11 is 0. The summed E-state index contributed by atoms with van der Waals surface area (Å²) in [4.78, 5) is 23.8. The molecule has 0 heterocycles. The van der Waals surface area contributed by atoms with Crippen molar-refractivity contribution in [2.75, 3.05) is 5.32 Å². The number of phenolic OH excluding ortho intramolecular Hbond substituents is 3. The topological polar surface area (TPSA) is 131 Å². The van der Waals surface area contributed by atoms with Crippen molar-refractivity contribution in [3.63, 3.8) is 0 Å². The number of hydrogen-bond donors (Lipinski definition) is 5. The monoisotopic (exact) mass is 369 g/mol. The van der Waals surface area contributed by atoms with E-state index in [0.717, 1.165) is 30.5 Å². The molecule has 0 saturated heterocycles. The maximum atomic E-state index is 12.1. The number of hydrogen-bond acceptors (Lipinski definition) is 6. The lowest BCUT2D eigenvalue weighted by atomic mass is 10.1. The highest BCUT2D eigenvalue weighted by molar-refractivity contribution is 6.01. The van der Waals surface area contributed by atoms with Crippen molar-refractivity contribution in [1.29, 1.82) is 0 Å². The molecule has 0 unspecified atom stereocenters. The number of nitrogens with zero attached hydrogens (tertiary/aromatic N) is 1. The Labute approximate surface area is 155 Å². The van der Waals surface area contributed by atoms with Crippen LogP contribution >= 0.6 is 0 Å². The second kappa shape index (κ2) is 7.36. The van der Waals surface area contributed by atoms with E-state index in [1.807, 2.05) is 0 Å². The van der Waals surface area contributed by atoms with Gasteiger partial charge in [0.1, 0.15) is 0 Å². The number of benzene rings is 2. The van der Waals surface area contributed by atoms with Crippen molar-refractivity contribution in [1.82, 2.24) is 5.43 Å². The molecular weight excluding hydrogens is 350 g/mol. The predicted octanol–water partition coefficient (Wildman–Crippen LogP) is 2.31. The summed E-state index contributed by atoms with van der Waals surface area (Å²) in [6, 6.07) is 9.09. The zero-order chi connectivity index (χ0) is 19.6. The average molecular weight is 369 g/mol. The number of nitrogens with one attached hydrogen (secondary N) is 2. The van der Waals surface area contributed by atoms with Gasteiger partial charge in [-0.3, -0.25) is 9.59 Å². The highest BCUT2D eigenvalue weighted by Crippen LogP contribution is 2.35. The minimum atomic E-state index is -0.694. The van der Waals surface area contributed by atoms with Gasteiger partial charge in [0.15, 0.2) is 17.2 Å². The van der Waals surface area contributed by atoms with E-state index in [1.165, 1.54) is 0 Å².